The topological polar surface area (TPSA) is 63.8 Å². The molecule has 1 aromatic carbocycles. The normalized spacial score (nSPS) is 14.0. The molecule has 0 amide bonds. The number of anilines is 1. The van der Waals surface area contributed by atoms with Crippen molar-refractivity contribution in [2.75, 3.05) is 5.73 Å². The Morgan fingerprint density at radius 3 is 2.69 bits per heavy atom. The van der Waals surface area contributed by atoms with E-state index in [4.69, 9.17) is 18.0 Å². The van der Waals surface area contributed by atoms with E-state index in [9.17, 15) is 4.79 Å². The Kier molecular flexibility index (Phi) is 3.52. The molecular weight excluding hydrogens is 362 g/mol. The second kappa shape index (κ2) is 5.79. The van der Waals surface area contributed by atoms with Gasteiger partial charge in [-0.25, -0.2) is 0 Å². The van der Waals surface area contributed by atoms with Gasteiger partial charge >= 0.3 is 0 Å². The van der Waals surface area contributed by atoms with Gasteiger partial charge in [-0.1, -0.05) is 30.4 Å². The third-order valence-corrected chi connectivity index (χ3v) is 6.65. The summed E-state index contributed by atoms with van der Waals surface area (Å²) in [6.07, 6.45) is 4.37. The molecule has 0 atom stereocenters. The summed E-state index contributed by atoms with van der Waals surface area (Å²) < 4.78 is 2.36. The fraction of sp³-hybridized carbons (Fsp3) is 0.200. The van der Waals surface area contributed by atoms with Gasteiger partial charge in [0.05, 0.1) is 16.3 Å². The smallest absolute Gasteiger partial charge is 0.202 e. The molecule has 0 unspecified atom stereocenters. The van der Waals surface area contributed by atoms with Crippen LogP contribution in [0.1, 0.15) is 23.3 Å². The number of rotatable bonds is 1. The summed E-state index contributed by atoms with van der Waals surface area (Å²) in [5.74, 6) is 0.401. The molecule has 1 aliphatic rings. The molecule has 5 rings (SSSR count). The molecular formula is C20H17N3OS2. The predicted octanol–water partition coefficient (Wildman–Crippen LogP) is 4.72. The first-order valence-corrected chi connectivity index (χ1v) is 9.95. The molecule has 0 fully saturated rings. The molecule has 3 heterocycles. The van der Waals surface area contributed by atoms with Gasteiger partial charge in [0, 0.05) is 10.6 Å². The Balaban J connectivity index is 1.92. The van der Waals surface area contributed by atoms with Gasteiger partial charge in [-0.05, 0) is 49.4 Å². The van der Waals surface area contributed by atoms with E-state index in [1.165, 1.54) is 16.9 Å². The van der Waals surface area contributed by atoms with Crippen molar-refractivity contribution in [2.24, 2.45) is 0 Å². The Labute approximate surface area is 158 Å². The first kappa shape index (κ1) is 15.8. The Morgan fingerprint density at radius 1 is 1.12 bits per heavy atom. The highest BCUT2D eigenvalue weighted by molar-refractivity contribution is 7.71. The number of aromatic nitrogens is 2. The summed E-state index contributed by atoms with van der Waals surface area (Å²) in [5.41, 5.74) is 9.29. The number of hydrogen-bond donors (Lipinski definition) is 2. The highest BCUT2D eigenvalue weighted by Crippen LogP contribution is 2.35. The van der Waals surface area contributed by atoms with Gasteiger partial charge in [-0.2, -0.15) is 0 Å². The van der Waals surface area contributed by atoms with Crippen LogP contribution in [0.15, 0.2) is 41.2 Å². The van der Waals surface area contributed by atoms with Gasteiger partial charge in [-0.3, -0.25) is 9.36 Å². The molecule has 3 N–H and O–H groups in total. The highest BCUT2D eigenvalue weighted by atomic mass is 32.1. The summed E-state index contributed by atoms with van der Waals surface area (Å²) in [5, 5.41) is 1.35. The van der Waals surface area contributed by atoms with Crippen LogP contribution in [-0.4, -0.2) is 9.55 Å². The minimum absolute atomic E-state index is 0.0188. The minimum Gasteiger partial charge on any atom is -0.384 e. The van der Waals surface area contributed by atoms with E-state index in [-0.39, 0.29) is 5.43 Å². The minimum atomic E-state index is 0.0188. The molecule has 3 aromatic heterocycles. The van der Waals surface area contributed by atoms with E-state index in [1.807, 2.05) is 36.4 Å². The van der Waals surface area contributed by atoms with Crippen molar-refractivity contribution in [3.8, 4) is 5.69 Å². The molecule has 6 heteroatoms. The second-order valence-corrected chi connectivity index (χ2v) is 8.22. The van der Waals surface area contributed by atoms with E-state index < -0.39 is 0 Å². The lowest BCUT2D eigenvalue weighted by Gasteiger charge is -2.14. The molecule has 0 saturated heterocycles. The van der Waals surface area contributed by atoms with E-state index in [0.29, 0.717) is 15.8 Å². The predicted molar refractivity (Wildman–Crippen MR) is 111 cm³/mol. The van der Waals surface area contributed by atoms with Crippen LogP contribution in [-0.2, 0) is 12.8 Å². The third kappa shape index (κ3) is 2.19. The number of nitrogens with zero attached hydrogens (tertiary/aromatic N) is 1. The van der Waals surface area contributed by atoms with E-state index >= 15 is 0 Å². The summed E-state index contributed by atoms with van der Waals surface area (Å²) in [4.78, 5) is 19.1. The summed E-state index contributed by atoms with van der Waals surface area (Å²) in [6.45, 7) is 0. The molecule has 130 valence electrons. The summed E-state index contributed by atoms with van der Waals surface area (Å²) >= 11 is 7.27. The van der Waals surface area contributed by atoms with Crippen LogP contribution in [0.4, 0.5) is 5.82 Å². The van der Waals surface area contributed by atoms with E-state index in [0.717, 1.165) is 40.7 Å². The van der Waals surface area contributed by atoms with Crippen LogP contribution in [0.2, 0.25) is 0 Å². The molecule has 4 nitrogen and oxygen atoms in total. The number of benzene rings is 1. The van der Waals surface area contributed by atoms with Crippen molar-refractivity contribution in [3.63, 3.8) is 0 Å². The van der Waals surface area contributed by atoms with Crippen LogP contribution in [0.3, 0.4) is 0 Å². The number of para-hydroxylation sites is 1. The largest absolute Gasteiger partial charge is 0.384 e. The Bertz CT molecular complexity index is 1280. The lowest BCUT2D eigenvalue weighted by atomic mass is 9.96. The van der Waals surface area contributed by atoms with Gasteiger partial charge in [0.1, 0.15) is 15.3 Å². The van der Waals surface area contributed by atoms with Crippen LogP contribution < -0.4 is 11.2 Å². The van der Waals surface area contributed by atoms with Crippen molar-refractivity contribution >= 4 is 50.5 Å². The molecule has 0 saturated carbocycles. The second-order valence-electron chi connectivity index (χ2n) is 6.70. The Hall–Kier alpha value is -2.44. The number of nitrogens with two attached hydrogens (primary N) is 1. The summed E-state index contributed by atoms with van der Waals surface area (Å²) in [6, 6.07) is 11.5. The quantitative estimate of drug-likeness (QED) is 0.470. The maximum absolute atomic E-state index is 13.4. The van der Waals surface area contributed by atoms with Crippen molar-refractivity contribution in [2.45, 2.75) is 25.7 Å². The lowest BCUT2D eigenvalue weighted by molar-refractivity contribution is 0.700. The van der Waals surface area contributed by atoms with Crippen molar-refractivity contribution < 1.29 is 0 Å². The van der Waals surface area contributed by atoms with Gasteiger partial charge < -0.3 is 10.7 Å². The van der Waals surface area contributed by atoms with Gasteiger partial charge in [-0.15, -0.1) is 11.3 Å². The number of thiophene rings is 1. The Morgan fingerprint density at radius 2 is 1.88 bits per heavy atom. The number of hydrogen-bond acceptors (Lipinski definition) is 4. The molecule has 1 aliphatic carbocycles. The van der Waals surface area contributed by atoms with Crippen molar-refractivity contribution in [1.82, 2.24) is 9.55 Å². The monoisotopic (exact) mass is 379 g/mol. The van der Waals surface area contributed by atoms with Crippen LogP contribution >= 0.6 is 23.6 Å². The lowest BCUT2D eigenvalue weighted by Crippen LogP contribution is -2.13. The van der Waals surface area contributed by atoms with Crippen LogP contribution in [0, 0.1) is 4.64 Å². The molecule has 26 heavy (non-hydrogen) atoms. The zero-order valence-corrected chi connectivity index (χ0v) is 15.7. The molecule has 0 spiro atoms. The number of nitrogen functional groups attached to an aromatic ring is 1. The fourth-order valence-corrected chi connectivity index (χ4v) is 5.57. The van der Waals surface area contributed by atoms with Gasteiger partial charge in [0.15, 0.2) is 0 Å². The number of pyridine rings is 2. The molecule has 0 aliphatic heterocycles. The van der Waals surface area contributed by atoms with Gasteiger partial charge in [0.2, 0.25) is 5.43 Å². The first-order valence-electron chi connectivity index (χ1n) is 8.72. The zero-order valence-electron chi connectivity index (χ0n) is 14.0. The van der Waals surface area contributed by atoms with Gasteiger partial charge in [0.25, 0.3) is 0 Å². The number of H-pyrrole nitrogens is 1. The highest BCUT2D eigenvalue weighted by Gasteiger charge is 2.21. The van der Waals surface area contributed by atoms with Crippen molar-refractivity contribution in [1.29, 1.82) is 0 Å². The van der Waals surface area contributed by atoms with E-state index in [2.05, 4.69) is 4.98 Å². The summed E-state index contributed by atoms with van der Waals surface area (Å²) in [7, 11) is 0. The number of nitrogens with one attached hydrogen (secondary N) is 1. The number of fused-ring (bicyclic) bond motifs is 4. The van der Waals surface area contributed by atoms with Crippen molar-refractivity contribution in [3.05, 3.63) is 61.7 Å². The maximum Gasteiger partial charge on any atom is 0.202 e. The third-order valence-electron chi connectivity index (χ3n) is 5.14. The average Bonchev–Trinajstić information content (AvgIpc) is 3.00. The number of aryl methyl sites for hydroxylation is 2. The molecule has 4 aromatic rings. The first-order chi connectivity index (χ1) is 12.6. The van der Waals surface area contributed by atoms with Crippen LogP contribution in [0.5, 0.6) is 0 Å². The van der Waals surface area contributed by atoms with Crippen LogP contribution in [0.25, 0.3) is 26.8 Å². The number of aromatic amines is 1. The average molecular weight is 380 g/mol. The maximum atomic E-state index is 13.4. The SMILES string of the molecule is Nc1c2c(=O)c3c4c(sc3[nH]c2cc(=S)n1-c1ccccc1)CCCC4. The zero-order chi connectivity index (χ0) is 17.8. The molecule has 0 radical (unpaired) electrons. The molecule has 0 bridgehead atoms. The fourth-order valence-electron chi connectivity index (χ4n) is 3.95. The van der Waals surface area contributed by atoms with E-state index in [1.54, 1.807) is 15.9 Å². The standard InChI is InChI=1S/C20H17N3OS2/c21-19-17-13(10-15(25)23(19)11-6-2-1-3-7-11)22-20-16(18(17)24)12-8-4-5-9-14(12)26-20/h1-3,6-7,10,22H,4-5,8-9,21H2.